The van der Waals surface area contributed by atoms with E-state index in [2.05, 4.69) is 0 Å². The Morgan fingerprint density at radius 3 is 2.32 bits per heavy atom. The summed E-state index contributed by atoms with van der Waals surface area (Å²) >= 11 is 5.47. The lowest BCUT2D eigenvalue weighted by Crippen LogP contribution is -2.44. The normalized spacial score (nSPS) is 11.0. The van der Waals surface area contributed by atoms with Gasteiger partial charge in [-0.25, -0.2) is 0 Å². The number of hydrogen-bond donors (Lipinski definition) is 2. The zero-order valence-corrected chi connectivity index (χ0v) is 14.4. The molecule has 2 N–H and O–H groups in total. The highest BCUT2D eigenvalue weighted by Gasteiger charge is 2.32. The predicted octanol–water partition coefficient (Wildman–Crippen LogP) is 1.89. The molecular weight excluding hydrogens is 409 g/mol. The summed E-state index contributed by atoms with van der Waals surface area (Å²) in [7, 11) is 0. The Morgan fingerprint density at radius 1 is 1.18 bits per heavy atom. The van der Waals surface area contributed by atoms with E-state index in [9.17, 15) is 37.7 Å². The van der Waals surface area contributed by atoms with Crippen LogP contribution in [0.25, 0.3) is 0 Å². The van der Waals surface area contributed by atoms with Crippen molar-refractivity contribution in [2.24, 2.45) is 0 Å². The van der Waals surface area contributed by atoms with Crippen LogP contribution < -0.4 is 16.4 Å². The Bertz CT molecular complexity index is 989. The zero-order valence-electron chi connectivity index (χ0n) is 13.6. The number of alkyl halides is 3. The maximum Gasteiger partial charge on any atom is 0.417 e. The van der Waals surface area contributed by atoms with Crippen LogP contribution in [0.4, 0.5) is 18.9 Å². The number of nitro groups is 1. The molecule has 148 valence electrons. The molecule has 0 fully saturated rings. The van der Waals surface area contributed by atoms with Crippen molar-refractivity contribution in [3.8, 4) is 0 Å². The van der Waals surface area contributed by atoms with Gasteiger partial charge >= 0.3 is 6.18 Å². The first-order chi connectivity index (χ1) is 13.0. The fraction of sp³-hybridized carbons (Fsp3) is 0.133. The number of nitrogens with zero attached hydrogens (tertiary/aromatic N) is 2. The van der Waals surface area contributed by atoms with Crippen LogP contribution in [0, 0.1) is 10.1 Å². The molecule has 0 saturated heterocycles. The van der Waals surface area contributed by atoms with Gasteiger partial charge in [0.2, 0.25) is 0 Å². The molecule has 0 bridgehead atoms. The zero-order chi connectivity index (χ0) is 21.1. The number of non-ortho nitro benzene ring substituents is 1. The lowest BCUT2D eigenvalue weighted by atomic mass is 10.2. The lowest BCUT2D eigenvalue weighted by molar-refractivity contribution is -0.384. The van der Waals surface area contributed by atoms with Crippen LogP contribution in [0.1, 0.15) is 15.9 Å². The molecule has 13 heteroatoms. The molecule has 1 aromatic heterocycles. The Labute approximate surface area is 158 Å². The molecule has 2 aromatic rings. The van der Waals surface area contributed by atoms with Gasteiger partial charge in [-0.15, -0.1) is 0 Å². The number of carbonyl (C=O) groups excluding carboxylic acids is 2. The second kappa shape index (κ2) is 8.08. The van der Waals surface area contributed by atoms with Gasteiger partial charge in [0.25, 0.3) is 23.1 Å². The number of rotatable bonds is 4. The van der Waals surface area contributed by atoms with E-state index >= 15 is 0 Å². The molecule has 0 spiro atoms. The Morgan fingerprint density at radius 2 is 1.79 bits per heavy atom. The molecule has 0 aliphatic carbocycles. The van der Waals surface area contributed by atoms with Crippen LogP contribution in [-0.4, -0.2) is 21.3 Å². The third kappa shape index (κ3) is 5.07. The number of halogens is 4. The summed E-state index contributed by atoms with van der Waals surface area (Å²) < 4.78 is 38.7. The number of aromatic nitrogens is 1. The van der Waals surface area contributed by atoms with Crippen LogP contribution >= 0.6 is 11.6 Å². The molecule has 0 aliphatic rings. The SMILES string of the molecule is O=C(Cn1cc(C(F)(F)F)cc(Cl)c1=O)NNC(=O)c1ccc([N+](=O)[O-])cc1. The summed E-state index contributed by atoms with van der Waals surface area (Å²) in [5, 5.41) is 9.82. The van der Waals surface area contributed by atoms with E-state index in [1.807, 2.05) is 10.9 Å². The van der Waals surface area contributed by atoms with Gasteiger partial charge in [0, 0.05) is 23.9 Å². The molecule has 2 amide bonds. The van der Waals surface area contributed by atoms with E-state index < -0.39 is 45.6 Å². The van der Waals surface area contributed by atoms with Gasteiger partial charge in [-0.3, -0.25) is 35.3 Å². The van der Waals surface area contributed by atoms with Crippen LogP contribution in [0.3, 0.4) is 0 Å². The van der Waals surface area contributed by atoms with Crippen LogP contribution in [-0.2, 0) is 17.5 Å². The van der Waals surface area contributed by atoms with Crippen molar-refractivity contribution in [1.82, 2.24) is 15.4 Å². The highest BCUT2D eigenvalue weighted by Crippen LogP contribution is 2.29. The summed E-state index contributed by atoms with van der Waals surface area (Å²) in [4.78, 5) is 45.3. The molecule has 9 nitrogen and oxygen atoms in total. The third-order valence-electron chi connectivity index (χ3n) is 3.34. The molecule has 0 unspecified atom stereocenters. The largest absolute Gasteiger partial charge is 0.417 e. The number of hydrogen-bond acceptors (Lipinski definition) is 5. The first-order valence-electron chi connectivity index (χ1n) is 7.30. The summed E-state index contributed by atoms with van der Waals surface area (Å²) in [6, 6.07) is 4.85. The Kier molecular flexibility index (Phi) is 6.03. The van der Waals surface area contributed by atoms with Crippen LogP contribution in [0.2, 0.25) is 5.02 Å². The van der Waals surface area contributed by atoms with Gasteiger partial charge < -0.3 is 4.57 Å². The first-order valence-corrected chi connectivity index (χ1v) is 7.67. The Hall–Kier alpha value is -3.41. The van der Waals surface area contributed by atoms with Crippen LogP contribution in [0.5, 0.6) is 0 Å². The quantitative estimate of drug-likeness (QED) is 0.579. The van der Waals surface area contributed by atoms with Crippen molar-refractivity contribution in [3.63, 3.8) is 0 Å². The maximum absolute atomic E-state index is 12.8. The maximum atomic E-state index is 12.8. The smallest absolute Gasteiger partial charge is 0.304 e. The molecule has 0 atom stereocenters. The van der Waals surface area contributed by atoms with Gasteiger partial charge in [-0.1, -0.05) is 11.6 Å². The number of pyridine rings is 1. The van der Waals surface area contributed by atoms with Gasteiger partial charge in [0.15, 0.2) is 0 Å². The van der Waals surface area contributed by atoms with E-state index in [0.29, 0.717) is 16.8 Å². The van der Waals surface area contributed by atoms with Crippen molar-refractivity contribution < 1.29 is 27.7 Å². The highest BCUT2D eigenvalue weighted by molar-refractivity contribution is 6.30. The third-order valence-corrected chi connectivity index (χ3v) is 3.61. The van der Waals surface area contributed by atoms with Crippen molar-refractivity contribution >= 4 is 29.1 Å². The minimum Gasteiger partial charge on any atom is -0.304 e. The van der Waals surface area contributed by atoms with E-state index in [1.54, 1.807) is 0 Å². The molecule has 2 rings (SSSR count). The summed E-state index contributed by atoms with van der Waals surface area (Å²) in [6.45, 7) is -0.844. The first kappa shape index (κ1) is 20.9. The van der Waals surface area contributed by atoms with Crippen molar-refractivity contribution in [2.45, 2.75) is 12.7 Å². The average molecular weight is 419 g/mol. The van der Waals surface area contributed by atoms with E-state index in [0.717, 1.165) is 24.3 Å². The van der Waals surface area contributed by atoms with Gasteiger partial charge in [-0.2, -0.15) is 13.2 Å². The van der Waals surface area contributed by atoms with E-state index in [-0.39, 0.29) is 11.3 Å². The summed E-state index contributed by atoms with van der Waals surface area (Å²) in [5.74, 6) is -1.84. The number of benzene rings is 1. The molecule has 28 heavy (non-hydrogen) atoms. The van der Waals surface area contributed by atoms with Gasteiger partial charge in [0.1, 0.15) is 11.6 Å². The van der Waals surface area contributed by atoms with Crippen LogP contribution in [0.15, 0.2) is 41.3 Å². The number of amides is 2. The Balaban J connectivity index is 2.04. The summed E-state index contributed by atoms with van der Waals surface area (Å²) in [6.07, 6.45) is -4.36. The molecule has 1 aromatic carbocycles. The molecule has 1 heterocycles. The van der Waals surface area contributed by atoms with Gasteiger partial charge in [-0.05, 0) is 18.2 Å². The van der Waals surface area contributed by atoms with E-state index in [4.69, 9.17) is 11.6 Å². The van der Waals surface area contributed by atoms with Crippen molar-refractivity contribution in [1.29, 1.82) is 0 Å². The monoisotopic (exact) mass is 418 g/mol. The lowest BCUT2D eigenvalue weighted by Gasteiger charge is -2.12. The second-order valence-corrected chi connectivity index (χ2v) is 5.72. The topological polar surface area (TPSA) is 123 Å². The number of nitrogens with one attached hydrogen (secondary N) is 2. The molecule has 0 aliphatic heterocycles. The molecular formula is C15H10ClF3N4O5. The fourth-order valence-electron chi connectivity index (χ4n) is 2.00. The minimum absolute atomic E-state index is 0.0230. The fourth-order valence-corrected chi connectivity index (χ4v) is 2.23. The number of hydrazine groups is 1. The van der Waals surface area contributed by atoms with Crippen molar-refractivity contribution in [2.75, 3.05) is 0 Å². The molecule has 0 saturated carbocycles. The molecule has 0 radical (unpaired) electrons. The van der Waals surface area contributed by atoms with Gasteiger partial charge in [0.05, 0.1) is 10.5 Å². The van der Waals surface area contributed by atoms with Crippen molar-refractivity contribution in [3.05, 3.63) is 73.1 Å². The predicted molar refractivity (Wildman–Crippen MR) is 89.4 cm³/mol. The minimum atomic E-state index is -4.78. The average Bonchev–Trinajstić information content (AvgIpc) is 2.62. The standard InChI is InChI=1S/C15H10ClF3N4O5/c16-11-5-9(15(17,18)19)6-22(14(11)26)7-12(24)20-21-13(25)8-1-3-10(4-2-8)23(27)28/h1-6H,7H2,(H,20,24)(H,21,25). The highest BCUT2D eigenvalue weighted by atomic mass is 35.5. The number of nitro benzene ring substituents is 1. The summed E-state index contributed by atoms with van der Waals surface area (Å²) in [5.41, 5.74) is 1.37. The second-order valence-electron chi connectivity index (χ2n) is 5.31. The van der Waals surface area contributed by atoms with E-state index in [1.165, 1.54) is 0 Å². The number of carbonyl (C=O) groups is 2.